The molecule has 0 amide bonds. The van der Waals surface area contributed by atoms with Crippen molar-refractivity contribution >= 4 is 5.97 Å². The van der Waals surface area contributed by atoms with Crippen LogP contribution in [0.15, 0.2) is 18.2 Å². The summed E-state index contributed by atoms with van der Waals surface area (Å²) >= 11 is 0. The molecule has 1 aromatic carbocycles. The van der Waals surface area contributed by atoms with Gasteiger partial charge in [0.05, 0.1) is 5.92 Å². The normalized spacial score (nSPS) is 14.6. The van der Waals surface area contributed by atoms with Crippen LogP contribution in [0, 0.1) is 17.6 Å². The predicted octanol–water partition coefficient (Wildman–Crippen LogP) is 2.68. The molecule has 1 N–H and O–H groups in total. The Morgan fingerprint density at radius 1 is 1.33 bits per heavy atom. The minimum Gasteiger partial charge on any atom is -0.481 e. The molecule has 0 aliphatic heterocycles. The Balaban J connectivity index is 2.86. The molecule has 0 fully saturated rings. The van der Waals surface area contributed by atoms with Gasteiger partial charge in [-0.3, -0.25) is 9.69 Å². The lowest BCUT2D eigenvalue weighted by Crippen LogP contribution is -2.31. The molecular weight excluding hydrogens is 240 g/mol. The maximum atomic E-state index is 13.6. The lowest BCUT2D eigenvalue weighted by Gasteiger charge is -2.27. The van der Waals surface area contributed by atoms with Crippen LogP contribution in [0.25, 0.3) is 0 Å². The first-order chi connectivity index (χ1) is 8.34. The van der Waals surface area contributed by atoms with Crippen LogP contribution in [0.4, 0.5) is 8.78 Å². The van der Waals surface area contributed by atoms with Crippen LogP contribution in [0.1, 0.15) is 25.5 Å². The smallest absolute Gasteiger partial charge is 0.307 e. The molecule has 0 aliphatic carbocycles. The van der Waals surface area contributed by atoms with Crippen molar-refractivity contribution in [2.24, 2.45) is 5.92 Å². The number of nitrogens with zero attached hydrogens (tertiary/aromatic N) is 1. The summed E-state index contributed by atoms with van der Waals surface area (Å²) in [6.07, 6.45) is 0. The second-order valence-corrected chi connectivity index (χ2v) is 4.49. The van der Waals surface area contributed by atoms with Gasteiger partial charge in [-0.15, -0.1) is 0 Å². The van der Waals surface area contributed by atoms with Crippen LogP contribution >= 0.6 is 0 Å². The van der Waals surface area contributed by atoms with Gasteiger partial charge in [0.25, 0.3) is 0 Å². The summed E-state index contributed by atoms with van der Waals surface area (Å²) < 4.78 is 27.1. The van der Waals surface area contributed by atoms with Gasteiger partial charge in [0, 0.05) is 18.2 Å². The first-order valence-corrected chi connectivity index (χ1v) is 5.71. The van der Waals surface area contributed by atoms with E-state index in [-0.39, 0.29) is 12.1 Å². The standard InChI is InChI=1S/C13H17F2NO2/c1-8(13(17)18)7-16(3)9(2)12-10(14)5-4-6-11(12)15/h4-6,8-9H,7H2,1-3H3,(H,17,18). The second kappa shape index (κ2) is 5.91. The molecule has 1 rings (SSSR count). The highest BCUT2D eigenvalue weighted by molar-refractivity contribution is 5.69. The molecule has 1 aromatic rings. The monoisotopic (exact) mass is 257 g/mol. The Hall–Kier alpha value is -1.49. The Bertz CT molecular complexity index is 417. The van der Waals surface area contributed by atoms with E-state index in [0.29, 0.717) is 0 Å². The molecule has 0 spiro atoms. The highest BCUT2D eigenvalue weighted by Crippen LogP contribution is 2.25. The average molecular weight is 257 g/mol. The van der Waals surface area contributed by atoms with Crippen molar-refractivity contribution in [1.82, 2.24) is 4.90 Å². The van der Waals surface area contributed by atoms with E-state index in [1.165, 1.54) is 18.2 Å². The number of carboxylic acids is 1. The van der Waals surface area contributed by atoms with Gasteiger partial charge in [0.15, 0.2) is 0 Å². The van der Waals surface area contributed by atoms with E-state index in [1.54, 1.807) is 25.8 Å². The lowest BCUT2D eigenvalue weighted by atomic mass is 10.0. The average Bonchev–Trinajstić information content (AvgIpc) is 2.28. The van der Waals surface area contributed by atoms with E-state index in [4.69, 9.17) is 5.11 Å². The topological polar surface area (TPSA) is 40.5 Å². The Kier molecular flexibility index (Phi) is 4.78. The van der Waals surface area contributed by atoms with Crippen molar-refractivity contribution in [2.45, 2.75) is 19.9 Å². The molecule has 0 saturated heterocycles. The van der Waals surface area contributed by atoms with E-state index in [9.17, 15) is 13.6 Å². The van der Waals surface area contributed by atoms with Crippen molar-refractivity contribution in [3.63, 3.8) is 0 Å². The number of halogens is 2. The number of hydrogen-bond acceptors (Lipinski definition) is 2. The molecule has 0 radical (unpaired) electrons. The van der Waals surface area contributed by atoms with Crippen molar-refractivity contribution in [3.8, 4) is 0 Å². The first-order valence-electron chi connectivity index (χ1n) is 5.71. The molecule has 2 unspecified atom stereocenters. The van der Waals surface area contributed by atoms with Gasteiger partial charge in [-0.05, 0) is 26.1 Å². The molecule has 18 heavy (non-hydrogen) atoms. The molecule has 0 bridgehead atoms. The predicted molar refractivity (Wildman–Crippen MR) is 64.2 cm³/mol. The molecule has 0 aliphatic rings. The number of carbonyl (C=O) groups is 1. The van der Waals surface area contributed by atoms with Crippen LogP contribution in [0.3, 0.4) is 0 Å². The van der Waals surface area contributed by atoms with Gasteiger partial charge in [-0.2, -0.15) is 0 Å². The molecule has 0 heterocycles. The molecule has 100 valence electrons. The van der Waals surface area contributed by atoms with Crippen LogP contribution < -0.4 is 0 Å². The number of carboxylic acid groups (broad SMARTS) is 1. The summed E-state index contributed by atoms with van der Waals surface area (Å²) in [7, 11) is 1.65. The third-order valence-corrected chi connectivity index (χ3v) is 3.06. The van der Waals surface area contributed by atoms with Gasteiger partial charge in [0.1, 0.15) is 11.6 Å². The Labute approximate surface area is 105 Å². The largest absolute Gasteiger partial charge is 0.481 e. The minimum absolute atomic E-state index is 0.0300. The molecule has 3 nitrogen and oxygen atoms in total. The second-order valence-electron chi connectivity index (χ2n) is 4.49. The van der Waals surface area contributed by atoms with Gasteiger partial charge >= 0.3 is 5.97 Å². The zero-order chi connectivity index (χ0) is 13.9. The summed E-state index contributed by atoms with van der Waals surface area (Å²) in [5.74, 6) is -2.75. The minimum atomic E-state index is -0.928. The van der Waals surface area contributed by atoms with Crippen molar-refractivity contribution in [1.29, 1.82) is 0 Å². The van der Waals surface area contributed by atoms with Crippen LogP contribution in [0.5, 0.6) is 0 Å². The third-order valence-electron chi connectivity index (χ3n) is 3.06. The van der Waals surface area contributed by atoms with Crippen molar-refractivity contribution in [3.05, 3.63) is 35.4 Å². The maximum absolute atomic E-state index is 13.6. The van der Waals surface area contributed by atoms with Gasteiger partial charge < -0.3 is 5.11 Å². The molecule has 2 atom stereocenters. The van der Waals surface area contributed by atoms with E-state index < -0.39 is 29.6 Å². The molecular formula is C13H17F2NO2. The lowest BCUT2D eigenvalue weighted by molar-refractivity contribution is -0.141. The van der Waals surface area contributed by atoms with Crippen LogP contribution in [-0.4, -0.2) is 29.6 Å². The van der Waals surface area contributed by atoms with E-state index in [2.05, 4.69) is 0 Å². The summed E-state index contributed by atoms with van der Waals surface area (Å²) in [6.45, 7) is 3.43. The van der Waals surface area contributed by atoms with E-state index >= 15 is 0 Å². The zero-order valence-electron chi connectivity index (χ0n) is 10.7. The number of hydrogen-bond donors (Lipinski definition) is 1. The molecule has 0 aromatic heterocycles. The highest BCUT2D eigenvalue weighted by Gasteiger charge is 2.22. The number of aliphatic carboxylic acids is 1. The molecule has 0 saturated carbocycles. The van der Waals surface area contributed by atoms with Gasteiger partial charge in [0.2, 0.25) is 0 Å². The summed E-state index contributed by atoms with van der Waals surface area (Å²) in [5, 5.41) is 8.82. The summed E-state index contributed by atoms with van der Waals surface area (Å²) in [6, 6.07) is 3.18. The summed E-state index contributed by atoms with van der Waals surface area (Å²) in [5.41, 5.74) is -0.0300. The number of benzene rings is 1. The fraction of sp³-hybridized carbons (Fsp3) is 0.462. The Morgan fingerprint density at radius 2 is 1.83 bits per heavy atom. The van der Waals surface area contributed by atoms with Gasteiger partial charge in [-0.25, -0.2) is 8.78 Å². The van der Waals surface area contributed by atoms with Crippen LogP contribution in [-0.2, 0) is 4.79 Å². The number of rotatable bonds is 5. The molecule has 5 heteroatoms. The van der Waals surface area contributed by atoms with Crippen molar-refractivity contribution in [2.75, 3.05) is 13.6 Å². The maximum Gasteiger partial charge on any atom is 0.307 e. The summed E-state index contributed by atoms with van der Waals surface area (Å²) in [4.78, 5) is 12.4. The quantitative estimate of drug-likeness (QED) is 0.881. The van der Waals surface area contributed by atoms with Crippen molar-refractivity contribution < 1.29 is 18.7 Å². The SMILES string of the molecule is CC(CN(C)C(C)c1c(F)cccc1F)C(=O)O. The van der Waals surface area contributed by atoms with Crippen LogP contribution in [0.2, 0.25) is 0 Å². The first kappa shape index (κ1) is 14.6. The van der Waals surface area contributed by atoms with Gasteiger partial charge in [-0.1, -0.05) is 13.0 Å². The van der Waals surface area contributed by atoms with E-state index in [1.807, 2.05) is 0 Å². The highest BCUT2D eigenvalue weighted by atomic mass is 19.1. The fourth-order valence-corrected chi connectivity index (χ4v) is 1.80. The zero-order valence-corrected chi connectivity index (χ0v) is 10.7. The Morgan fingerprint density at radius 3 is 2.28 bits per heavy atom. The fourth-order valence-electron chi connectivity index (χ4n) is 1.80. The third kappa shape index (κ3) is 3.26. The van der Waals surface area contributed by atoms with E-state index in [0.717, 1.165) is 0 Å².